The van der Waals surface area contributed by atoms with Crippen LogP contribution in [-0.2, 0) is 13.0 Å². The van der Waals surface area contributed by atoms with E-state index in [0.717, 1.165) is 24.2 Å². The van der Waals surface area contributed by atoms with E-state index in [4.69, 9.17) is 11.2 Å². The maximum Gasteiger partial charge on any atom is 0.128 e. The van der Waals surface area contributed by atoms with Gasteiger partial charge in [-0.2, -0.15) is 0 Å². The molecule has 2 aromatic carbocycles. The van der Waals surface area contributed by atoms with Crippen LogP contribution in [0, 0.1) is 12.3 Å². The minimum atomic E-state index is 0.586. The lowest BCUT2D eigenvalue weighted by atomic mass is 9.84. The standard InChI is InChI=1S/C20H16O/c1-3-14-7-8-17-16(9-14)12-21-20-11-18-13(2)5-4-6-15(18)10-19(17)20/h1,7-11H,2,4-6,12H2. The monoisotopic (exact) mass is 272 g/mol. The highest BCUT2D eigenvalue weighted by atomic mass is 16.5. The quantitative estimate of drug-likeness (QED) is 0.638. The fraction of sp³-hybridized carbons (Fsp3) is 0.200. The van der Waals surface area contributed by atoms with Gasteiger partial charge in [-0.05, 0) is 71.4 Å². The third kappa shape index (κ3) is 1.87. The molecule has 21 heavy (non-hydrogen) atoms. The maximum absolute atomic E-state index is 5.95. The molecule has 0 radical (unpaired) electrons. The molecule has 1 aliphatic carbocycles. The number of aryl methyl sites for hydroxylation is 1. The zero-order valence-corrected chi connectivity index (χ0v) is 11.9. The lowest BCUT2D eigenvalue weighted by Crippen LogP contribution is -2.09. The van der Waals surface area contributed by atoms with Gasteiger partial charge in [0.25, 0.3) is 0 Å². The van der Waals surface area contributed by atoms with Crippen molar-refractivity contribution < 1.29 is 4.74 Å². The van der Waals surface area contributed by atoms with E-state index >= 15 is 0 Å². The van der Waals surface area contributed by atoms with Crippen molar-refractivity contribution in [1.82, 2.24) is 0 Å². The van der Waals surface area contributed by atoms with Crippen molar-refractivity contribution in [3.63, 3.8) is 0 Å². The zero-order valence-electron chi connectivity index (χ0n) is 11.9. The van der Waals surface area contributed by atoms with Crippen molar-refractivity contribution in [2.24, 2.45) is 0 Å². The van der Waals surface area contributed by atoms with E-state index < -0.39 is 0 Å². The molecule has 0 spiro atoms. The normalized spacial score (nSPS) is 15.3. The van der Waals surface area contributed by atoms with Crippen molar-refractivity contribution in [3.05, 3.63) is 59.2 Å². The molecule has 0 unspecified atom stereocenters. The minimum absolute atomic E-state index is 0.586. The molecular weight excluding hydrogens is 256 g/mol. The lowest BCUT2D eigenvalue weighted by molar-refractivity contribution is 0.302. The van der Waals surface area contributed by atoms with E-state index in [-0.39, 0.29) is 0 Å². The molecule has 0 aromatic heterocycles. The van der Waals surface area contributed by atoms with Gasteiger partial charge in [0.1, 0.15) is 12.4 Å². The number of hydrogen-bond donors (Lipinski definition) is 0. The average Bonchev–Trinajstić information content (AvgIpc) is 2.53. The van der Waals surface area contributed by atoms with Crippen molar-refractivity contribution in [2.75, 3.05) is 0 Å². The third-order valence-corrected chi connectivity index (χ3v) is 4.46. The molecule has 0 fully saturated rings. The second kappa shape index (κ2) is 4.53. The Labute approximate surface area is 125 Å². The number of hydrogen-bond acceptors (Lipinski definition) is 1. The van der Waals surface area contributed by atoms with Crippen LogP contribution in [0.25, 0.3) is 16.7 Å². The zero-order chi connectivity index (χ0) is 14.4. The van der Waals surface area contributed by atoms with Gasteiger partial charge in [-0.3, -0.25) is 0 Å². The second-order valence-electron chi connectivity index (χ2n) is 5.77. The summed E-state index contributed by atoms with van der Waals surface area (Å²) in [6.45, 7) is 4.78. The summed E-state index contributed by atoms with van der Waals surface area (Å²) >= 11 is 0. The summed E-state index contributed by atoms with van der Waals surface area (Å²) in [5.74, 6) is 3.66. The van der Waals surface area contributed by atoms with Gasteiger partial charge < -0.3 is 4.74 Å². The van der Waals surface area contributed by atoms with E-state index in [1.54, 1.807) is 0 Å². The number of rotatable bonds is 0. The molecule has 1 heteroatoms. The van der Waals surface area contributed by atoms with Gasteiger partial charge >= 0.3 is 0 Å². The van der Waals surface area contributed by atoms with Crippen LogP contribution in [0.1, 0.15) is 35.1 Å². The van der Waals surface area contributed by atoms with Gasteiger partial charge in [0.15, 0.2) is 0 Å². The van der Waals surface area contributed by atoms with Gasteiger partial charge in [-0.25, -0.2) is 0 Å². The van der Waals surface area contributed by atoms with Gasteiger partial charge in [-0.1, -0.05) is 18.6 Å². The highest BCUT2D eigenvalue weighted by Crippen LogP contribution is 2.42. The largest absolute Gasteiger partial charge is 0.488 e. The van der Waals surface area contributed by atoms with Crippen LogP contribution in [0.2, 0.25) is 0 Å². The Hall–Kier alpha value is -2.46. The molecule has 0 saturated carbocycles. The summed E-state index contributed by atoms with van der Waals surface area (Å²) in [6, 6.07) is 10.6. The minimum Gasteiger partial charge on any atom is -0.488 e. The number of fused-ring (bicyclic) bond motifs is 4. The Balaban J connectivity index is 1.91. The highest BCUT2D eigenvalue weighted by molar-refractivity contribution is 5.81. The molecule has 1 heterocycles. The van der Waals surface area contributed by atoms with Gasteiger partial charge in [-0.15, -0.1) is 6.42 Å². The Morgan fingerprint density at radius 2 is 1.90 bits per heavy atom. The first-order valence-electron chi connectivity index (χ1n) is 7.34. The van der Waals surface area contributed by atoms with E-state index in [0.29, 0.717) is 6.61 Å². The summed E-state index contributed by atoms with van der Waals surface area (Å²) in [5.41, 5.74) is 8.42. The molecule has 2 aliphatic rings. The topological polar surface area (TPSA) is 9.23 Å². The van der Waals surface area contributed by atoms with E-state index in [1.807, 2.05) is 6.07 Å². The maximum atomic E-state index is 5.95. The van der Waals surface area contributed by atoms with Crippen LogP contribution in [0.3, 0.4) is 0 Å². The summed E-state index contributed by atoms with van der Waals surface area (Å²) in [7, 11) is 0. The summed E-state index contributed by atoms with van der Waals surface area (Å²) in [6.07, 6.45) is 8.89. The molecule has 0 saturated heterocycles. The number of terminal acetylenes is 1. The van der Waals surface area contributed by atoms with Gasteiger partial charge in [0, 0.05) is 11.1 Å². The fourth-order valence-electron chi connectivity index (χ4n) is 3.34. The summed E-state index contributed by atoms with van der Waals surface area (Å²) in [5, 5.41) is 0. The second-order valence-corrected chi connectivity index (χ2v) is 5.77. The molecule has 2 aromatic rings. The lowest BCUT2D eigenvalue weighted by Gasteiger charge is -2.26. The van der Waals surface area contributed by atoms with Crippen molar-refractivity contribution in [3.8, 4) is 29.2 Å². The molecule has 0 atom stereocenters. The first kappa shape index (κ1) is 12.3. The smallest absolute Gasteiger partial charge is 0.128 e. The number of benzene rings is 2. The van der Waals surface area contributed by atoms with Crippen LogP contribution < -0.4 is 4.74 Å². The van der Waals surface area contributed by atoms with E-state index in [1.165, 1.54) is 39.8 Å². The first-order chi connectivity index (χ1) is 10.3. The number of allylic oxidation sites excluding steroid dienone is 1. The van der Waals surface area contributed by atoms with Crippen LogP contribution in [0.5, 0.6) is 5.75 Å². The number of ether oxygens (including phenoxy) is 1. The molecule has 0 bridgehead atoms. The van der Waals surface area contributed by atoms with Crippen LogP contribution >= 0.6 is 0 Å². The Kier molecular flexibility index (Phi) is 2.65. The highest BCUT2D eigenvalue weighted by Gasteiger charge is 2.22. The molecule has 0 amide bonds. The Morgan fingerprint density at radius 1 is 1.00 bits per heavy atom. The Bertz CT molecular complexity index is 805. The Morgan fingerprint density at radius 3 is 2.76 bits per heavy atom. The third-order valence-electron chi connectivity index (χ3n) is 4.46. The van der Waals surface area contributed by atoms with Gasteiger partial charge in [0.05, 0.1) is 0 Å². The predicted octanol–water partition coefficient (Wildman–Crippen LogP) is 4.58. The molecular formula is C20H16O. The summed E-state index contributed by atoms with van der Waals surface area (Å²) < 4.78 is 5.95. The molecule has 1 nitrogen and oxygen atoms in total. The first-order valence-corrected chi connectivity index (χ1v) is 7.34. The molecule has 4 rings (SSSR count). The van der Waals surface area contributed by atoms with Crippen molar-refractivity contribution >= 4 is 5.57 Å². The SMILES string of the molecule is C#Cc1ccc2c(c1)COc1cc3c(cc1-2)CCCC3=C. The fourth-order valence-corrected chi connectivity index (χ4v) is 3.34. The van der Waals surface area contributed by atoms with Crippen molar-refractivity contribution in [1.29, 1.82) is 0 Å². The van der Waals surface area contributed by atoms with Crippen LogP contribution in [-0.4, -0.2) is 0 Å². The average molecular weight is 272 g/mol. The van der Waals surface area contributed by atoms with E-state index in [2.05, 4.69) is 36.8 Å². The van der Waals surface area contributed by atoms with Crippen LogP contribution in [0.4, 0.5) is 0 Å². The van der Waals surface area contributed by atoms with Gasteiger partial charge in [0.2, 0.25) is 0 Å². The van der Waals surface area contributed by atoms with E-state index in [9.17, 15) is 0 Å². The molecule has 1 aliphatic heterocycles. The summed E-state index contributed by atoms with van der Waals surface area (Å²) in [4.78, 5) is 0. The van der Waals surface area contributed by atoms with Crippen LogP contribution in [0.15, 0.2) is 36.9 Å². The predicted molar refractivity (Wildman–Crippen MR) is 86.1 cm³/mol. The molecule has 102 valence electrons. The molecule has 0 N–H and O–H groups in total. The van der Waals surface area contributed by atoms with Crippen molar-refractivity contribution in [2.45, 2.75) is 25.9 Å².